The third-order valence-electron chi connectivity index (χ3n) is 4.72. The van der Waals surface area contributed by atoms with Gasteiger partial charge in [0.1, 0.15) is 0 Å². The van der Waals surface area contributed by atoms with E-state index in [0.717, 1.165) is 21.7 Å². The van der Waals surface area contributed by atoms with Crippen molar-refractivity contribution in [3.05, 3.63) is 120 Å². The summed E-state index contributed by atoms with van der Waals surface area (Å²) in [6.07, 6.45) is 0. The first-order valence-electron chi connectivity index (χ1n) is 9.32. The number of nitriles is 1. The molecule has 0 saturated heterocycles. The number of hydrogen-bond donors (Lipinski definition) is 0. The van der Waals surface area contributed by atoms with Gasteiger partial charge in [-0.25, -0.2) is 0 Å². The fraction of sp³-hybridized carbons (Fsp3) is 0. The minimum Gasteiger partial charge on any atom is -0.288 e. The van der Waals surface area contributed by atoms with Crippen LogP contribution >= 0.6 is 7.92 Å². The molecule has 0 aliphatic carbocycles. The van der Waals surface area contributed by atoms with Gasteiger partial charge in [0.05, 0.1) is 11.6 Å². The van der Waals surface area contributed by atoms with Crippen LogP contribution in [-0.4, -0.2) is 5.52 Å². The quantitative estimate of drug-likeness (QED) is 0.422. The van der Waals surface area contributed by atoms with Crippen molar-refractivity contribution < 1.29 is 4.79 Å². The van der Waals surface area contributed by atoms with Crippen molar-refractivity contribution in [1.82, 2.24) is 0 Å². The molecule has 0 aliphatic rings. The first kappa shape index (κ1) is 18.8. The van der Waals surface area contributed by atoms with Crippen LogP contribution in [-0.2, 0) is 0 Å². The summed E-state index contributed by atoms with van der Waals surface area (Å²) < 4.78 is 0. The SMILES string of the molecule is N#Cc1ccccc1-c1ccc(C(=O)P(c2ccccc2)c2ccccc2)cc1. The van der Waals surface area contributed by atoms with Crippen molar-refractivity contribution in [3.8, 4) is 17.2 Å². The van der Waals surface area contributed by atoms with Gasteiger partial charge in [0.2, 0.25) is 0 Å². The second-order valence-electron chi connectivity index (χ2n) is 6.55. The molecule has 0 bridgehead atoms. The Hall–Kier alpha value is -3.53. The summed E-state index contributed by atoms with van der Waals surface area (Å²) >= 11 is 0. The van der Waals surface area contributed by atoms with Crippen molar-refractivity contribution in [2.24, 2.45) is 0 Å². The number of nitrogens with zero attached hydrogens (tertiary/aromatic N) is 1. The van der Waals surface area contributed by atoms with E-state index < -0.39 is 7.92 Å². The fourth-order valence-corrected chi connectivity index (χ4v) is 5.41. The molecular weight excluding hydrogens is 373 g/mol. The van der Waals surface area contributed by atoms with Gasteiger partial charge in [0.15, 0.2) is 5.52 Å². The lowest BCUT2D eigenvalue weighted by Crippen LogP contribution is -2.18. The van der Waals surface area contributed by atoms with Gasteiger partial charge in [-0.2, -0.15) is 5.26 Å². The molecule has 0 N–H and O–H groups in total. The standard InChI is InChI=1S/C26H18NOP/c27-19-22-9-7-8-14-25(22)20-15-17-21(18-16-20)26(28)29(23-10-3-1-4-11-23)24-12-5-2-6-13-24/h1-18H. The molecule has 0 aromatic heterocycles. The van der Waals surface area contributed by atoms with Gasteiger partial charge in [-0.3, -0.25) is 4.79 Å². The lowest BCUT2D eigenvalue weighted by Gasteiger charge is -2.17. The number of hydrogen-bond acceptors (Lipinski definition) is 2. The van der Waals surface area contributed by atoms with Gasteiger partial charge < -0.3 is 0 Å². The molecule has 0 aliphatic heterocycles. The van der Waals surface area contributed by atoms with Crippen LogP contribution in [0.4, 0.5) is 0 Å². The molecule has 138 valence electrons. The summed E-state index contributed by atoms with van der Waals surface area (Å²) in [7, 11) is -1.15. The van der Waals surface area contributed by atoms with E-state index in [0.29, 0.717) is 11.1 Å². The number of rotatable bonds is 5. The molecular formula is C26H18NOP. The fourth-order valence-electron chi connectivity index (χ4n) is 3.29. The third kappa shape index (κ3) is 4.02. The Labute approximate surface area is 171 Å². The Bertz CT molecular complexity index is 1120. The Balaban J connectivity index is 1.71. The number of carbonyl (C=O) groups excluding carboxylic acids is 1. The van der Waals surface area contributed by atoms with Crippen LogP contribution < -0.4 is 10.6 Å². The molecule has 0 amide bonds. The highest BCUT2D eigenvalue weighted by Gasteiger charge is 2.23. The summed E-state index contributed by atoms with van der Waals surface area (Å²) in [5, 5.41) is 11.4. The molecule has 0 saturated carbocycles. The van der Waals surface area contributed by atoms with Crippen LogP contribution in [0.3, 0.4) is 0 Å². The van der Waals surface area contributed by atoms with E-state index in [1.54, 1.807) is 6.07 Å². The molecule has 0 heterocycles. The summed E-state index contributed by atoms with van der Waals surface area (Å²) in [5.74, 6) is 0. The highest BCUT2D eigenvalue weighted by molar-refractivity contribution is 7.88. The Morgan fingerprint density at radius 1 is 0.655 bits per heavy atom. The predicted octanol–water partition coefficient (Wildman–Crippen LogP) is 5.50. The summed E-state index contributed by atoms with van der Waals surface area (Å²) in [5.41, 5.74) is 3.24. The van der Waals surface area contributed by atoms with Gasteiger partial charge in [-0.15, -0.1) is 0 Å². The van der Waals surface area contributed by atoms with E-state index in [9.17, 15) is 10.1 Å². The normalized spacial score (nSPS) is 10.5. The van der Waals surface area contributed by atoms with Crippen LogP contribution in [0.5, 0.6) is 0 Å². The molecule has 3 heteroatoms. The van der Waals surface area contributed by atoms with E-state index in [2.05, 4.69) is 6.07 Å². The smallest absolute Gasteiger partial charge is 0.193 e. The number of benzene rings is 4. The van der Waals surface area contributed by atoms with E-state index in [1.165, 1.54) is 0 Å². The average molecular weight is 391 g/mol. The van der Waals surface area contributed by atoms with Crippen LogP contribution in [0.15, 0.2) is 109 Å². The Morgan fingerprint density at radius 2 is 1.17 bits per heavy atom. The lowest BCUT2D eigenvalue weighted by molar-refractivity contribution is 0.108. The maximum Gasteiger partial charge on any atom is 0.193 e. The van der Waals surface area contributed by atoms with Crippen molar-refractivity contribution in [2.45, 2.75) is 0 Å². The van der Waals surface area contributed by atoms with E-state index in [4.69, 9.17) is 0 Å². The summed E-state index contributed by atoms with van der Waals surface area (Å²) in [6.45, 7) is 0. The molecule has 0 fully saturated rings. The number of carbonyl (C=O) groups is 1. The molecule has 29 heavy (non-hydrogen) atoms. The van der Waals surface area contributed by atoms with Crippen molar-refractivity contribution in [1.29, 1.82) is 5.26 Å². The second-order valence-corrected chi connectivity index (χ2v) is 8.66. The minimum absolute atomic E-state index is 0.123. The molecule has 4 aromatic rings. The summed E-state index contributed by atoms with van der Waals surface area (Å²) in [6, 6.07) is 37.2. The highest BCUT2D eigenvalue weighted by Crippen LogP contribution is 2.38. The minimum atomic E-state index is -1.15. The van der Waals surface area contributed by atoms with Crippen molar-refractivity contribution in [3.63, 3.8) is 0 Å². The van der Waals surface area contributed by atoms with Gasteiger partial charge in [-0.05, 0) is 27.8 Å². The van der Waals surface area contributed by atoms with Crippen LogP contribution in [0.2, 0.25) is 0 Å². The van der Waals surface area contributed by atoms with Crippen molar-refractivity contribution in [2.75, 3.05) is 0 Å². The molecule has 2 nitrogen and oxygen atoms in total. The van der Waals surface area contributed by atoms with E-state index in [-0.39, 0.29) is 5.52 Å². The zero-order valence-corrected chi connectivity index (χ0v) is 16.6. The maximum absolute atomic E-state index is 13.5. The molecule has 4 aromatic carbocycles. The van der Waals surface area contributed by atoms with E-state index in [1.807, 2.05) is 103 Å². The first-order chi connectivity index (χ1) is 14.3. The van der Waals surface area contributed by atoms with Crippen LogP contribution in [0, 0.1) is 11.3 Å². The maximum atomic E-state index is 13.5. The molecule has 0 unspecified atom stereocenters. The van der Waals surface area contributed by atoms with E-state index >= 15 is 0 Å². The van der Waals surface area contributed by atoms with Gasteiger partial charge in [0, 0.05) is 13.5 Å². The molecule has 0 atom stereocenters. The largest absolute Gasteiger partial charge is 0.288 e. The van der Waals surface area contributed by atoms with Gasteiger partial charge in [-0.1, -0.05) is 103 Å². The molecule has 0 radical (unpaired) electrons. The van der Waals surface area contributed by atoms with Gasteiger partial charge in [0.25, 0.3) is 0 Å². The average Bonchev–Trinajstić information content (AvgIpc) is 2.81. The zero-order valence-electron chi connectivity index (χ0n) is 15.7. The first-order valence-corrected chi connectivity index (χ1v) is 10.7. The summed E-state index contributed by atoms with van der Waals surface area (Å²) in [4.78, 5) is 13.5. The Morgan fingerprint density at radius 3 is 1.72 bits per heavy atom. The third-order valence-corrected chi connectivity index (χ3v) is 7.02. The second kappa shape index (κ2) is 8.65. The highest BCUT2D eigenvalue weighted by atomic mass is 31.1. The predicted molar refractivity (Wildman–Crippen MR) is 120 cm³/mol. The van der Waals surface area contributed by atoms with Gasteiger partial charge >= 0.3 is 0 Å². The zero-order chi connectivity index (χ0) is 20.1. The molecule has 0 spiro atoms. The molecule has 4 rings (SSSR count). The van der Waals surface area contributed by atoms with Crippen molar-refractivity contribution >= 4 is 24.1 Å². The van der Waals surface area contributed by atoms with Crippen LogP contribution in [0.1, 0.15) is 15.9 Å². The lowest BCUT2D eigenvalue weighted by atomic mass is 9.99. The Kier molecular flexibility index (Phi) is 5.61. The topological polar surface area (TPSA) is 40.9 Å². The monoisotopic (exact) mass is 391 g/mol. The van der Waals surface area contributed by atoms with Crippen LogP contribution in [0.25, 0.3) is 11.1 Å².